The van der Waals surface area contributed by atoms with E-state index in [1.807, 2.05) is 37.3 Å². The molecule has 0 aliphatic heterocycles. The number of hydrogen-bond acceptors (Lipinski definition) is 2. The number of aryl methyl sites for hydroxylation is 1. The molecule has 2 aromatic rings. The maximum Gasteiger partial charge on any atom is 0.251 e. The lowest BCUT2D eigenvalue weighted by atomic mass is 10.0. The van der Waals surface area contributed by atoms with Crippen molar-refractivity contribution in [3.63, 3.8) is 0 Å². The molecule has 0 aromatic heterocycles. The first-order valence-corrected chi connectivity index (χ1v) is 7.92. The maximum absolute atomic E-state index is 12.3. The van der Waals surface area contributed by atoms with Crippen LogP contribution < -0.4 is 5.32 Å². The zero-order valence-electron chi connectivity index (χ0n) is 11.8. The molecule has 2 aromatic carbocycles. The predicted octanol–water partition coefficient (Wildman–Crippen LogP) is 3.44. The first-order valence-electron chi connectivity index (χ1n) is 6.80. The number of hydrogen-bond donors (Lipinski definition) is 2. The molecule has 0 saturated heterocycles. The molecule has 0 heterocycles. The summed E-state index contributed by atoms with van der Waals surface area (Å²) in [4.78, 5) is 12.3. The second kappa shape index (κ2) is 7.27. The summed E-state index contributed by atoms with van der Waals surface area (Å²) < 4.78 is 0. The Labute approximate surface area is 133 Å². The van der Waals surface area contributed by atoms with Gasteiger partial charge in [0.2, 0.25) is 0 Å². The fraction of sp³-hybridized carbons (Fsp3) is 0.235. The van der Waals surface area contributed by atoms with E-state index >= 15 is 0 Å². The van der Waals surface area contributed by atoms with E-state index in [2.05, 4.69) is 21.2 Å². The minimum atomic E-state index is -0.118. The molecule has 0 bridgehead atoms. The van der Waals surface area contributed by atoms with Crippen molar-refractivity contribution in [2.45, 2.75) is 19.4 Å². The average molecular weight is 348 g/mol. The highest BCUT2D eigenvalue weighted by atomic mass is 79.9. The molecule has 0 saturated carbocycles. The van der Waals surface area contributed by atoms with Gasteiger partial charge in [-0.05, 0) is 42.7 Å². The van der Waals surface area contributed by atoms with Gasteiger partial charge in [-0.3, -0.25) is 4.79 Å². The van der Waals surface area contributed by atoms with Gasteiger partial charge >= 0.3 is 0 Å². The molecule has 1 amide bonds. The van der Waals surface area contributed by atoms with E-state index < -0.39 is 0 Å². The number of nitrogens with one attached hydrogen (secondary N) is 1. The molecule has 2 rings (SSSR count). The zero-order chi connectivity index (χ0) is 15.2. The smallest absolute Gasteiger partial charge is 0.251 e. The van der Waals surface area contributed by atoms with Crippen molar-refractivity contribution in [3.05, 3.63) is 65.2 Å². The Morgan fingerprint density at radius 1 is 1.24 bits per heavy atom. The van der Waals surface area contributed by atoms with Crippen LogP contribution in [-0.4, -0.2) is 22.4 Å². The van der Waals surface area contributed by atoms with Crippen molar-refractivity contribution in [1.82, 2.24) is 5.32 Å². The van der Waals surface area contributed by atoms with Crippen LogP contribution in [0.2, 0.25) is 0 Å². The van der Waals surface area contributed by atoms with Crippen LogP contribution in [0.5, 0.6) is 5.75 Å². The highest BCUT2D eigenvalue weighted by Gasteiger charge is 2.15. The molecule has 1 unspecified atom stereocenters. The molecule has 2 N–H and O–H groups in total. The van der Waals surface area contributed by atoms with Crippen LogP contribution in [0, 0.1) is 6.92 Å². The number of benzene rings is 2. The van der Waals surface area contributed by atoms with Gasteiger partial charge in [-0.15, -0.1) is 0 Å². The Morgan fingerprint density at radius 2 is 1.95 bits per heavy atom. The van der Waals surface area contributed by atoms with E-state index in [9.17, 15) is 9.90 Å². The lowest BCUT2D eigenvalue weighted by Gasteiger charge is -2.17. The third-order valence-electron chi connectivity index (χ3n) is 3.30. The molecule has 0 aliphatic rings. The fourth-order valence-corrected chi connectivity index (χ4v) is 2.60. The second-order valence-electron chi connectivity index (χ2n) is 5.01. The largest absolute Gasteiger partial charge is 0.508 e. The van der Waals surface area contributed by atoms with Gasteiger partial charge in [-0.1, -0.05) is 46.3 Å². The van der Waals surface area contributed by atoms with Crippen LogP contribution in [-0.2, 0) is 6.42 Å². The number of alkyl halides is 1. The maximum atomic E-state index is 12.3. The van der Waals surface area contributed by atoms with E-state index in [1.165, 1.54) is 11.6 Å². The summed E-state index contributed by atoms with van der Waals surface area (Å²) in [5.41, 5.74) is 2.54. The second-order valence-corrected chi connectivity index (χ2v) is 5.66. The van der Waals surface area contributed by atoms with Gasteiger partial charge in [0.25, 0.3) is 5.91 Å². The van der Waals surface area contributed by atoms with Gasteiger partial charge in [-0.25, -0.2) is 0 Å². The van der Waals surface area contributed by atoms with E-state index in [1.54, 1.807) is 12.1 Å². The van der Waals surface area contributed by atoms with Gasteiger partial charge in [0.05, 0.1) is 0 Å². The molecule has 3 nitrogen and oxygen atoms in total. The van der Waals surface area contributed by atoms with Crippen LogP contribution >= 0.6 is 15.9 Å². The van der Waals surface area contributed by atoms with Crippen LogP contribution in [0.4, 0.5) is 0 Å². The lowest BCUT2D eigenvalue weighted by Crippen LogP contribution is -2.38. The first-order chi connectivity index (χ1) is 10.1. The number of aromatic hydroxyl groups is 1. The molecular formula is C17H18BrNO2. The van der Waals surface area contributed by atoms with Gasteiger partial charge in [0.15, 0.2) is 0 Å². The summed E-state index contributed by atoms with van der Waals surface area (Å²) >= 11 is 3.45. The van der Waals surface area contributed by atoms with E-state index in [0.717, 1.165) is 12.0 Å². The number of carbonyl (C=O) groups excluding carboxylic acids is 1. The molecule has 0 aliphatic carbocycles. The number of carbonyl (C=O) groups is 1. The summed E-state index contributed by atoms with van der Waals surface area (Å²) in [6.45, 7) is 1.81. The first kappa shape index (κ1) is 15.6. The highest BCUT2D eigenvalue weighted by Crippen LogP contribution is 2.16. The summed E-state index contributed by atoms with van der Waals surface area (Å²) in [6, 6.07) is 14.9. The number of rotatable bonds is 5. The van der Waals surface area contributed by atoms with Gasteiger partial charge < -0.3 is 10.4 Å². The standard InChI is InChI=1S/C17H18BrNO2/c1-12-9-15(20)7-8-16(12)17(21)19-14(11-18)10-13-5-3-2-4-6-13/h2-9,14,20H,10-11H2,1H3,(H,19,21). The Kier molecular flexibility index (Phi) is 5.39. The minimum absolute atomic E-state index is 0.0214. The minimum Gasteiger partial charge on any atom is -0.508 e. The third kappa shape index (κ3) is 4.33. The summed E-state index contributed by atoms with van der Waals surface area (Å²) in [5, 5.41) is 13.1. The molecule has 1 atom stereocenters. The Morgan fingerprint density at radius 3 is 2.57 bits per heavy atom. The molecule has 110 valence electrons. The SMILES string of the molecule is Cc1cc(O)ccc1C(=O)NC(CBr)Cc1ccccc1. The molecule has 0 fully saturated rings. The number of halogens is 1. The monoisotopic (exact) mass is 347 g/mol. The summed E-state index contributed by atoms with van der Waals surface area (Å²) in [5.74, 6) is 0.0539. The summed E-state index contributed by atoms with van der Waals surface area (Å²) in [7, 11) is 0. The molecule has 0 radical (unpaired) electrons. The molecular weight excluding hydrogens is 330 g/mol. The summed E-state index contributed by atoms with van der Waals surface area (Å²) in [6.07, 6.45) is 0.773. The van der Waals surface area contributed by atoms with Crippen molar-refractivity contribution < 1.29 is 9.90 Å². The van der Waals surface area contributed by atoms with Gasteiger partial charge in [0.1, 0.15) is 5.75 Å². The Bertz CT molecular complexity index is 613. The van der Waals surface area contributed by atoms with Gasteiger partial charge in [-0.2, -0.15) is 0 Å². The quantitative estimate of drug-likeness (QED) is 0.814. The van der Waals surface area contributed by atoms with E-state index in [0.29, 0.717) is 10.9 Å². The molecule has 21 heavy (non-hydrogen) atoms. The highest BCUT2D eigenvalue weighted by molar-refractivity contribution is 9.09. The number of amides is 1. The van der Waals surface area contributed by atoms with Crippen LogP contribution in [0.1, 0.15) is 21.5 Å². The van der Waals surface area contributed by atoms with Crippen molar-refractivity contribution in [2.24, 2.45) is 0 Å². The molecule has 4 heteroatoms. The zero-order valence-corrected chi connectivity index (χ0v) is 13.4. The van der Waals surface area contributed by atoms with Gasteiger partial charge in [0, 0.05) is 16.9 Å². The topological polar surface area (TPSA) is 49.3 Å². The molecule has 0 spiro atoms. The van der Waals surface area contributed by atoms with Crippen LogP contribution in [0.15, 0.2) is 48.5 Å². The van der Waals surface area contributed by atoms with E-state index in [4.69, 9.17) is 0 Å². The average Bonchev–Trinajstić information content (AvgIpc) is 2.47. The van der Waals surface area contributed by atoms with Crippen LogP contribution in [0.25, 0.3) is 0 Å². The van der Waals surface area contributed by atoms with Crippen molar-refractivity contribution in [1.29, 1.82) is 0 Å². The number of phenols is 1. The van der Waals surface area contributed by atoms with Crippen molar-refractivity contribution in [3.8, 4) is 5.75 Å². The normalized spacial score (nSPS) is 11.9. The Hall–Kier alpha value is -1.81. The predicted molar refractivity (Wildman–Crippen MR) is 88.0 cm³/mol. The van der Waals surface area contributed by atoms with Crippen molar-refractivity contribution >= 4 is 21.8 Å². The fourth-order valence-electron chi connectivity index (χ4n) is 2.21. The third-order valence-corrected chi connectivity index (χ3v) is 4.08. The van der Waals surface area contributed by atoms with Crippen molar-refractivity contribution in [2.75, 3.05) is 5.33 Å². The Balaban J connectivity index is 2.06. The van der Waals surface area contributed by atoms with E-state index in [-0.39, 0.29) is 17.7 Å². The van der Waals surface area contributed by atoms with Crippen LogP contribution in [0.3, 0.4) is 0 Å². The lowest BCUT2D eigenvalue weighted by molar-refractivity contribution is 0.0940. The number of phenolic OH excluding ortho intramolecular Hbond substituents is 1.